The van der Waals surface area contributed by atoms with Crippen molar-refractivity contribution in [3.05, 3.63) is 0 Å². The van der Waals surface area contributed by atoms with E-state index in [-0.39, 0.29) is 19.1 Å². The van der Waals surface area contributed by atoms with Crippen LogP contribution >= 0.6 is 0 Å². The molecule has 0 unspecified atom stereocenters. The Morgan fingerprint density at radius 3 is 1.14 bits per heavy atom. The van der Waals surface area contributed by atoms with Crippen molar-refractivity contribution in [1.82, 2.24) is 6.92 Å². The average molecular weight is 272 g/mol. The summed E-state index contributed by atoms with van der Waals surface area (Å²) in [5.74, 6) is 0. The van der Waals surface area contributed by atoms with Crippen LogP contribution in [-0.2, 0) is 19.1 Å². The molecule has 0 aliphatic rings. The summed E-state index contributed by atoms with van der Waals surface area (Å²) in [5.41, 5.74) is 0. The van der Waals surface area contributed by atoms with E-state index >= 15 is 0 Å². The van der Waals surface area contributed by atoms with E-state index in [1.54, 1.807) is 0 Å². The van der Waals surface area contributed by atoms with Gasteiger partial charge in [-0.15, -0.1) is 0 Å². The van der Waals surface area contributed by atoms with Crippen LogP contribution in [0.1, 0.15) is 0 Å². The average Bonchev–Trinajstić information content (AvgIpc) is 1.27. The summed E-state index contributed by atoms with van der Waals surface area (Å²) in [4.78, 5) is 0. The second-order valence-corrected chi connectivity index (χ2v) is 7.54. The third-order valence-electron chi connectivity index (χ3n) is 0.327. The molecule has 0 N–H and O–H groups in total. The van der Waals surface area contributed by atoms with E-state index in [1.165, 1.54) is 0 Å². The normalized spacial score (nSPS) is 10.6. The molecule has 0 spiro atoms. The summed E-state index contributed by atoms with van der Waals surface area (Å²) in [5, 5.41) is 0. The van der Waals surface area contributed by atoms with Crippen molar-refractivity contribution in [1.29, 1.82) is 0 Å². The van der Waals surface area contributed by atoms with Gasteiger partial charge in [0.1, 0.15) is 0 Å². The zero-order valence-corrected chi connectivity index (χ0v) is 8.24. The molecule has 3 heteroatoms. The molecular formula is C4H12N2W+2. The molecule has 0 aromatic carbocycles. The SMILES string of the molecule is C[N](C)[W+2][N](C)C. The zero-order valence-electron chi connectivity index (χ0n) is 5.30. The van der Waals surface area contributed by atoms with Crippen LogP contribution < -0.4 is 0 Å². The Morgan fingerprint density at radius 1 is 0.857 bits per heavy atom. The summed E-state index contributed by atoms with van der Waals surface area (Å²) in [6.07, 6.45) is 0. The molecule has 0 aliphatic heterocycles. The van der Waals surface area contributed by atoms with Crippen LogP contribution in [0.15, 0.2) is 0 Å². The Bertz CT molecular complexity index is 39.0. The van der Waals surface area contributed by atoms with Gasteiger partial charge < -0.3 is 0 Å². The van der Waals surface area contributed by atoms with Crippen molar-refractivity contribution in [2.75, 3.05) is 28.2 Å². The summed E-state index contributed by atoms with van der Waals surface area (Å²) in [6, 6.07) is 0. The first-order valence-corrected chi connectivity index (χ1v) is 4.78. The summed E-state index contributed by atoms with van der Waals surface area (Å²) >= 11 is -0.269. The van der Waals surface area contributed by atoms with Crippen LogP contribution in [0.4, 0.5) is 0 Å². The molecule has 0 heterocycles. The van der Waals surface area contributed by atoms with Crippen molar-refractivity contribution in [3.8, 4) is 0 Å². The fourth-order valence-electron chi connectivity index (χ4n) is 0.327. The summed E-state index contributed by atoms with van der Waals surface area (Å²) < 4.78 is 4.58. The van der Waals surface area contributed by atoms with E-state index < -0.39 is 0 Å². The Kier molecular flexibility index (Phi) is 3.90. The first kappa shape index (κ1) is 7.61. The fourth-order valence-corrected chi connectivity index (χ4v) is 2.67. The predicted molar refractivity (Wildman–Crippen MR) is 27.4 cm³/mol. The molecule has 0 fully saturated rings. The maximum atomic E-state index is 2.29. The van der Waals surface area contributed by atoms with Crippen LogP contribution in [0.5, 0.6) is 0 Å². The molecule has 0 amide bonds. The van der Waals surface area contributed by atoms with Gasteiger partial charge in [-0.2, -0.15) is 0 Å². The number of nitrogens with zero attached hydrogens (tertiary/aromatic N) is 2. The van der Waals surface area contributed by atoms with Crippen LogP contribution in [0, 0.1) is 0 Å². The quantitative estimate of drug-likeness (QED) is 0.699. The third kappa shape index (κ3) is 6.61. The maximum absolute atomic E-state index is 2.29. The molecule has 2 nitrogen and oxygen atoms in total. The third-order valence-corrected chi connectivity index (χ3v) is 2.67. The van der Waals surface area contributed by atoms with E-state index in [4.69, 9.17) is 0 Å². The zero-order chi connectivity index (χ0) is 5.86. The number of hydrogen-bond acceptors (Lipinski definition) is 2. The molecule has 7 heavy (non-hydrogen) atoms. The van der Waals surface area contributed by atoms with Gasteiger partial charge in [-0.1, -0.05) is 0 Å². The molecule has 0 atom stereocenters. The summed E-state index contributed by atoms with van der Waals surface area (Å²) in [6.45, 7) is 0. The van der Waals surface area contributed by atoms with Crippen molar-refractivity contribution < 1.29 is 19.1 Å². The van der Waals surface area contributed by atoms with Gasteiger partial charge in [0.05, 0.1) is 0 Å². The molecule has 42 valence electrons. The molecule has 0 radical (unpaired) electrons. The molecule has 0 aliphatic carbocycles. The monoisotopic (exact) mass is 272 g/mol. The van der Waals surface area contributed by atoms with E-state index in [9.17, 15) is 0 Å². The van der Waals surface area contributed by atoms with Crippen LogP contribution in [0.2, 0.25) is 0 Å². The summed E-state index contributed by atoms with van der Waals surface area (Å²) in [7, 11) is 8.52. The second-order valence-electron chi connectivity index (χ2n) is 1.71. The minimum atomic E-state index is -0.269. The van der Waals surface area contributed by atoms with Crippen molar-refractivity contribution in [2.24, 2.45) is 0 Å². The predicted octanol–water partition coefficient (Wildman–Crippen LogP) is 0.0221. The first-order valence-electron chi connectivity index (χ1n) is 2.15. The van der Waals surface area contributed by atoms with E-state index in [0.29, 0.717) is 0 Å². The standard InChI is InChI=1S/2C2H6N.W/c2*1-3-2;/h2*1-2H3;/q2*-1;+4. The molecular weight excluding hydrogens is 260 g/mol. The van der Waals surface area contributed by atoms with E-state index in [2.05, 4.69) is 35.1 Å². The van der Waals surface area contributed by atoms with Crippen molar-refractivity contribution >= 4 is 0 Å². The molecule has 0 bridgehead atoms. The Morgan fingerprint density at radius 2 is 1.14 bits per heavy atom. The van der Waals surface area contributed by atoms with Crippen molar-refractivity contribution in [3.63, 3.8) is 0 Å². The van der Waals surface area contributed by atoms with E-state index in [0.717, 1.165) is 0 Å². The Labute approximate surface area is 54.6 Å². The van der Waals surface area contributed by atoms with E-state index in [1.807, 2.05) is 0 Å². The van der Waals surface area contributed by atoms with Gasteiger partial charge >= 0.3 is 54.2 Å². The van der Waals surface area contributed by atoms with Crippen LogP contribution in [-0.4, -0.2) is 35.1 Å². The van der Waals surface area contributed by atoms with Crippen LogP contribution in [0.25, 0.3) is 0 Å². The molecule has 0 rings (SSSR count). The van der Waals surface area contributed by atoms with Gasteiger partial charge in [0, 0.05) is 0 Å². The van der Waals surface area contributed by atoms with Gasteiger partial charge in [0.25, 0.3) is 0 Å². The van der Waals surface area contributed by atoms with Gasteiger partial charge in [0.2, 0.25) is 0 Å². The molecule has 0 aromatic rings. The molecule has 0 aromatic heterocycles. The topological polar surface area (TPSA) is 6.48 Å². The second kappa shape index (κ2) is 3.59. The Balaban J connectivity index is 2.95. The number of hydrogen-bond donors (Lipinski definition) is 0. The van der Waals surface area contributed by atoms with Gasteiger partial charge in [-0.3, -0.25) is 0 Å². The number of rotatable bonds is 2. The van der Waals surface area contributed by atoms with Gasteiger partial charge in [-0.05, 0) is 0 Å². The first-order chi connectivity index (χ1) is 3.13. The molecule has 0 saturated carbocycles. The fraction of sp³-hybridized carbons (Fsp3) is 1.00. The minimum absolute atomic E-state index is 0.269. The van der Waals surface area contributed by atoms with Crippen LogP contribution in [0.3, 0.4) is 0 Å². The van der Waals surface area contributed by atoms with Crippen molar-refractivity contribution in [2.45, 2.75) is 0 Å². The van der Waals surface area contributed by atoms with Gasteiger partial charge in [0.15, 0.2) is 0 Å². The van der Waals surface area contributed by atoms with Gasteiger partial charge in [-0.25, -0.2) is 0 Å². The Hall–Kier alpha value is 0.608. The molecule has 0 saturated heterocycles.